The predicted octanol–water partition coefficient (Wildman–Crippen LogP) is 5.29. The normalized spacial score (nSPS) is 19.3. The molecule has 1 aliphatic rings. The van der Waals surface area contributed by atoms with Crippen LogP contribution in [0.2, 0.25) is 0 Å². The van der Waals surface area contributed by atoms with Crippen LogP contribution in [0.3, 0.4) is 0 Å². The van der Waals surface area contributed by atoms with Crippen LogP contribution in [-0.4, -0.2) is 18.1 Å². The van der Waals surface area contributed by atoms with Crippen molar-refractivity contribution in [3.05, 3.63) is 71.4 Å². The minimum Gasteiger partial charge on any atom is -0.367 e. The quantitative estimate of drug-likeness (QED) is 0.681. The van der Waals surface area contributed by atoms with E-state index in [0.29, 0.717) is 6.04 Å². The third-order valence-corrected chi connectivity index (χ3v) is 5.52. The number of nitrogens with zero attached hydrogens (tertiary/aromatic N) is 1. The first-order chi connectivity index (χ1) is 11.5. The van der Waals surface area contributed by atoms with Gasteiger partial charge in [-0.25, -0.2) is 0 Å². The van der Waals surface area contributed by atoms with Crippen molar-refractivity contribution < 1.29 is 0 Å². The largest absolute Gasteiger partial charge is 0.367 e. The van der Waals surface area contributed by atoms with Gasteiger partial charge in [0.15, 0.2) is 0 Å². The molecule has 2 heteroatoms. The van der Waals surface area contributed by atoms with Gasteiger partial charge in [0.1, 0.15) is 0 Å². The van der Waals surface area contributed by atoms with Gasteiger partial charge in [0.25, 0.3) is 0 Å². The van der Waals surface area contributed by atoms with E-state index in [2.05, 4.69) is 98.4 Å². The molecule has 2 heterocycles. The summed E-state index contributed by atoms with van der Waals surface area (Å²) in [6, 6.07) is 17.6. The van der Waals surface area contributed by atoms with Crippen LogP contribution in [0.5, 0.6) is 0 Å². The number of benzene rings is 2. The van der Waals surface area contributed by atoms with E-state index in [1.165, 1.54) is 33.4 Å². The number of aromatic amines is 1. The fraction of sp³-hybridized carbons (Fsp3) is 0.273. The van der Waals surface area contributed by atoms with Crippen LogP contribution >= 0.6 is 0 Å². The molecule has 2 aromatic carbocycles. The summed E-state index contributed by atoms with van der Waals surface area (Å²) in [6.45, 7) is 6.83. The molecule has 0 spiro atoms. The fourth-order valence-electron chi connectivity index (χ4n) is 4.19. The van der Waals surface area contributed by atoms with Crippen molar-refractivity contribution >= 4 is 22.7 Å². The maximum absolute atomic E-state index is 3.49. The van der Waals surface area contributed by atoms with Gasteiger partial charge >= 0.3 is 0 Å². The lowest BCUT2D eigenvalue weighted by atomic mass is 9.80. The molecule has 1 unspecified atom stereocenters. The number of hydrogen-bond donors (Lipinski definition) is 1. The lowest BCUT2D eigenvalue weighted by Gasteiger charge is -2.29. The first-order valence-electron chi connectivity index (χ1n) is 8.58. The Labute approximate surface area is 143 Å². The maximum Gasteiger partial charge on any atom is 0.0565 e. The number of rotatable bonds is 2. The Morgan fingerprint density at radius 2 is 1.75 bits per heavy atom. The highest BCUT2D eigenvalue weighted by Gasteiger charge is 2.41. The summed E-state index contributed by atoms with van der Waals surface area (Å²) >= 11 is 0. The molecule has 0 radical (unpaired) electrons. The van der Waals surface area contributed by atoms with Crippen molar-refractivity contribution in [1.82, 2.24) is 4.98 Å². The zero-order valence-corrected chi connectivity index (χ0v) is 14.8. The van der Waals surface area contributed by atoms with Gasteiger partial charge in [0.2, 0.25) is 0 Å². The van der Waals surface area contributed by atoms with Crippen molar-refractivity contribution in [2.24, 2.45) is 0 Å². The van der Waals surface area contributed by atoms with Crippen molar-refractivity contribution in [3.8, 4) is 0 Å². The van der Waals surface area contributed by atoms with Gasteiger partial charge in [-0.15, -0.1) is 0 Å². The Kier molecular flexibility index (Phi) is 3.31. The summed E-state index contributed by atoms with van der Waals surface area (Å²) in [6.07, 6.45) is 4.66. The standard InChI is InChI=1S/C22H24N2/c1-15-16(17-9-5-7-11-19(17)23-15)13-14-21-22(2,3)18-10-6-8-12-20(18)24(21)4/h5-14,21,23H,1-4H3/b14-13+. The Balaban J connectivity index is 1.75. The molecule has 0 saturated heterocycles. The zero-order valence-electron chi connectivity index (χ0n) is 14.8. The van der Waals surface area contributed by atoms with Crippen LogP contribution in [0.1, 0.15) is 30.7 Å². The summed E-state index contributed by atoms with van der Waals surface area (Å²) < 4.78 is 0. The van der Waals surface area contributed by atoms with Crippen LogP contribution in [0.25, 0.3) is 17.0 Å². The molecule has 0 amide bonds. The SMILES string of the molecule is Cc1[nH]c2ccccc2c1/C=C/C1N(C)c2ccccc2C1(C)C. The van der Waals surface area contributed by atoms with E-state index in [9.17, 15) is 0 Å². The molecule has 4 rings (SSSR count). The van der Waals surface area contributed by atoms with E-state index in [1.807, 2.05) is 0 Å². The predicted molar refractivity (Wildman–Crippen MR) is 104 cm³/mol. The van der Waals surface area contributed by atoms with Crippen LogP contribution < -0.4 is 4.90 Å². The summed E-state index contributed by atoms with van der Waals surface area (Å²) in [5.74, 6) is 0. The topological polar surface area (TPSA) is 19.0 Å². The number of fused-ring (bicyclic) bond motifs is 2. The molecule has 0 bridgehead atoms. The smallest absolute Gasteiger partial charge is 0.0565 e. The van der Waals surface area contributed by atoms with Crippen LogP contribution in [-0.2, 0) is 5.41 Å². The molecule has 1 atom stereocenters. The Morgan fingerprint density at radius 1 is 1.04 bits per heavy atom. The molecule has 1 aliphatic heterocycles. The number of H-pyrrole nitrogens is 1. The minimum atomic E-state index is 0.0991. The summed E-state index contributed by atoms with van der Waals surface area (Å²) in [5.41, 5.74) is 6.60. The average molecular weight is 316 g/mol. The second-order valence-corrected chi connectivity index (χ2v) is 7.36. The van der Waals surface area contributed by atoms with Crippen molar-refractivity contribution in [2.45, 2.75) is 32.2 Å². The third kappa shape index (κ3) is 2.10. The molecule has 1 aromatic heterocycles. The van der Waals surface area contributed by atoms with E-state index in [4.69, 9.17) is 0 Å². The second-order valence-electron chi connectivity index (χ2n) is 7.36. The number of aromatic nitrogens is 1. The Hall–Kier alpha value is -2.48. The number of likely N-dealkylation sites (N-methyl/N-ethyl adjacent to an activating group) is 1. The molecule has 24 heavy (non-hydrogen) atoms. The molecule has 3 aromatic rings. The molecule has 2 nitrogen and oxygen atoms in total. The number of hydrogen-bond acceptors (Lipinski definition) is 1. The van der Waals surface area contributed by atoms with E-state index < -0.39 is 0 Å². The molecule has 0 fully saturated rings. The van der Waals surface area contributed by atoms with Gasteiger partial charge in [0, 0.05) is 40.3 Å². The van der Waals surface area contributed by atoms with Crippen molar-refractivity contribution in [1.29, 1.82) is 0 Å². The Bertz CT molecular complexity index is 930. The average Bonchev–Trinajstić information content (AvgIpc) is 2.99. The summed E-state index contributed by atoms with van der Waals surface area (Å²) in [7, 11) is 2.20. The molecule has 0 aliphatic carbocycles. The van der Waals surface area contributed by atoms with E-state index >= 15 is 0 Å². The first-order valence-corrected chi connectivity index (χ1v) is 8.58. The van der Waals surface area contributed by atoms with Gasteiger partial charge in [-0.1, -0.05) is 62.4 Å². The second kappa shape index (κ2) is 5.27. The number of aryl methyl sites for hydroxylation is 1. The fourth-order valence-corrected chi connectivity index (χ4v) is 4.19. The highest BCUT2D eigenvalue weighted by atomic mass is 15.2. The third-order valence-electron chi connectivity index (χ3n) is 5.52. The highest BCUT2D eigenvalue weighted by molar-refractivity contribution is 5.90. The van der Waals surface area contributed by atoms with E-state index in [-0.39, 0.29) is 5.41 Å². The van der Waals surface area contributed by atoms with Gasteiger partial charge in [-0.05, 0) is 24.6 Å². The van der Waals surface area contributed by atoms with Crippen LogP contribution in [0.4, 0.5) is 5.69 Å². The summed E-state index contributed by atoms with van der Waals surface area (Å²) in [5, 5.41) is 1.29. The van der Waals surface area contributed by atoms with Gasteiger partial charge in [-0.2, -0.15) is 0 Å². The van der Waals surface area contributed by atoms with Crippen molar-refractivity contribution in [3.63, 3.8) is 0 Å². The van der Waals surface area contributed by atoms with E-state index in [1.54, 1.807) is 0 Å². The molecular formula is C22H24N2. The Morgan fingerprint density at radius 3 is 2.54 bits per heavy atom. The van der Waals surface area contributed by atoms with Gasteiger partial charge in [-0.3, -0.25) is 0 Å². The number of para-hydroxylation sites is 2. The highest BCUT2D eigenvalue weighted by Crippen LogP contribution is 2.44. The van der Waals surface area contributed by atoms with E-state index in [0.717, 1.165) is 0 Å². The molecule has 1 N–H and O–H groups in total. The zero-order chi connectivity index (χ0) is 16.9. The van der Waals surface area contributed by atoms with Crippen LogP contribution in [0, 0.1) is 6.92 Å². The molecular weight excluding hydrogens is 292 g/mol. The lowest BCUT2D eigenvalue weighted by molar-refractivity contribution is 0.489. The maximum atomic E-state index is 3.49. The van der Waals surface area contributed by atoms with Gasteiger partial charge in [0.05, 0.1) is 6.04 Å². The number of anilines is 1. The minimum absolute atomic E-state index is 0.0991. The molecule has 122 valence electrons. The monoisotopic (exact) mass is 316 g/mol. The van der Waals surface area contributed by atoms with Gasteiger partial charge < -0.3 is 9.88 Å². The number of nitrogens with one attached hydrogen (secondary N) is 1. The lowest BCUT2D eigenvalue weighted by Crippen LogP contribution is -2.37. The van der Waals surface area contributed by atoms with Crippen molar-refractivity contribution in [2.75, 3.05) is 11.9 Å². The summed E-state index contributed by atoms with van der Waals surface area (Å²) in [4.78, 5) is 5.89. The first kappa shape index (κ1) is 15.1. The van der Waals surface area contributed by atoms with Crippen LogP contribution in [0.15, 0.2) is 54.6 Å². The molecule has 0 saturated carbocycles.